The highest BCUT2D eigenvalue weighted by Crippen LogP contribution is 2.28. The molecule has 1 saturated heterocycles. The van der Waals surface area contributed by atoms with E-state index in [4.69, 9.17) is 14.7 Å². The van der Waals surface area contributed by atoms with Crippen molar-refractivity contribution < 1.29 is 4.74 Å². The van der Waals surface area contributed by atoms with E-state index in [2.05, 4.69) is 42.3 Å². The van der Waals surface area contributed by atoms with Crippen molar-refractivity contribution in [3.63, 3.8) is 0 Å². The molecule has 0 radical (unpaired) electrons. The molecular weight excluding hydrogens is 352 g/mol. The number of aromatic nitrogens is 4. The van der Waals surface area contributed by atoms with Crippen LogP contribution in [0.1, 0.15) is 32.0 Å². The fraction of sp³-hybridized carbons (Fsp3) is 0.476. The van der Waals surface area contributed by atoms with E-state index in [9.17, 15) is 0 Å². The molecule has 0 amide bonds. The van der Waals surface area contributed by atoms with Crippen molar-refractivity contribution in [2.45, 2.75) is 45.9 Å². The second-order valence-electron chi connectivity index (χ2n) is 7.53. The van der Waals surface area contributed by atoms with Crippen LogP contribution in [-0.2, 0) is 24.8 Å². The Balaban J connectivity index is 1.68. The summed E-state index contributed by atoms with van der Waals surface area (Å²) in [5.41, 5.74) is 4.10. The summed E-state index contributed by atoms with van der Waals surface area (Å²) in [4.78, 5) is 12.1. The number of para-hydroxylation sites is 2. The van der Waals surface area contributed by atoms with Gasteiger partial charge in [-0.25, -0.2) is 9.97 Å². The van der Waals surface area contributed by atoms with E-state index in [0.717, 1.165) is 47.9 Å². The van der Waals surface area contributed by atoms with E-state index in [0.29, 0.717) is 6.54 Å². The fourth-order valence-electron chi connectivity index (χ4n) is 3.89. The van der Waals surface area contributed by atoms with Crippen molar-refractivity contribution in [3.8, 4) is 0 Å². The average molecular weight is 380 g/mol. The molecule has 1 fully saturated rings. The highest BCUT2D eigenvalue weighted by Gasteiger charge is 2.26. The number of fused-ring (bicyclic) bond motifs is 1. The van der Waals surface area contributed by atoms with Gasteiger partial charge in [-0.1, -0.05) is 19.1 Å². The molecule has 2 atom stereocenters. The molecule has 2 aromatic heterocycles. The lowest BCUT2D eigenvalue weighted by atomic mass is 10.2. The van der Waals surface area contributed by atoms with Crippen LogP contribution in [0, 0.1) is 0 Å². The summed E-state index contributed by atoms with van der Waals surface area (Å²) in [7, 11) is 1.96. The van der Waals surface area contributed by atoms with E-state index in [1.807, 2.05) is 36.0 Å². The predicted octanol–water partition coefficient (Wildman–Crippen LogP) is 3.15. The first kappa shape index (κ1) is 18.7. The molecule has 3 aromatic rings. The second kappa shape index (κ2) is 7.75. The van der Waals surface area contributed by atoms with Gasteiger partial charge in [-0.05, 0) is 32.4 Å². The normalized spacial score (nSPS) is 19.9. The number of anilines is 2. The van der Waals surface area contributed by atoms with Crippen LogP contribution >= 0.6 is 0 Å². The van der Waals surface area contributed by atoms with Crippen LogP contribution in [0.3, 0.4) is 0 Å². The Labute approximate surface area is 165 Å². The number of nitrogens with one attached hydrogen (secondary N) is 1. The summed E-state index contributed by atoms with van der Waals surface area (Å²) in [6.07, 6.45) is 3.30. The minimum atomic E-state index is 0.162. The zero-order chi connectivity index (χ0) is 19.7. The average Bonchev–Trinajstić information content (AvgIpc) is 3.04. The van der Waals surface area contributed by atoms with Crippen LogP contribution in [0.15, 0.2) is 30.5 Å². The minimum Gasteiger partial charge on any atom is -0.372 e. The smallest absolute Gasteiger partial charge is 0.172 e. The number of ether oxygens (including phenoxy) is 1. The Morgan fingerprint density at radius 1 is 1.11 bits per heavy atom. The Hall–Kier alpha value is -2.67. The first-order valence-electron chi connectivity index (χ1n) is 9.96. The van der Waals surface area contributed by atoms with Crippen LogP contribution in [0.2, 0.25) is 0 Å². The van der Waals surface area contributed by atoms with E-state index >= 15 is 0 Å². The molecule has 0 bridgehead atoms. The third-order valence-electron chi connectivity index (χ3n) is 5.04. The molecule has 1 aliphatic rings. The topological polar surface area (TPSA) is 68.1 Å². The molecule has 7 nitrogen and oxygen atoms in total. The Morgan fingerprint density at radius 2 is 1.79 bits per heavy atom. The molecule has 28 heavy (non-hydrogen) atoms. The number of morpholine rings is 1. The second-order valence-corrected chi connectivity index (χ2v) is 7.53. The van der Waals surface area contributed by atoms with Gasteiger partial charge in [0.25, 0.3) is 0 Å². The van der Waals surface area contributed by atoms with Gasteiger partial charge in [0.15, 0.2) is 11.6 Å². The lowest BCUT2D eigenvalue weighted by Gasteiger charge is -2.36. The highest BCUT2D eigenvalue weighted by atomic mass is 16.5. The highest BCUT2D eigenvalue weighted by molar-refractivity contribution is 5.80. The van der Waals surface area contributed by atoms with Gasteiger partial charge < -0.3 is 15.0 Å². The lowest BCUT2D eigenvalue weighted by molar-refractivity contribution is -0.00541. The van der Waals surface area contributed by atoms with Gasteiger partial charge in [0.05, 0.1) is 28.9 Å². The molecule has 7 heteroatoms. The summed E-state index contributed by atoms with van der Waals surface area (Å²) in [5, 5.41) is 8.06. The van der Waals surface area contributed by atoms with Gasteiger partial charge in [0.1, 0.15) is 0 Å². The van der Waals surface area contributed by atoms with Crippen LogP contribution in [0.5, 0.6) is 0 Å². The molecule has 1 aliphatic heterocycles. The summed E-state index contributed by atoms with van der Waals surface area (Å²) >= 11 is 0. The van der Waals surface area contributed by atoms with Crippen molar-refractivity contribution in [1.29, 1.82) is 0 Å². The number of nitrogens with zero attached hydrogens (tertiary/aromatic N) is 5. The Bertz CT molecular complexity index is 959. The quantitative estimate of drug-likeness (QED) is 0.733. The molecule has 0 saturated carbocycles. The zero-order valence-corrected chi connectivity index (χ0v) is 17.0. The molecule has 2 unspecified atom stereocenters. The summed E-state index contributed by atoms with van der Waals surface area (Å²) in [5.74, 6) is 1.70. The maximum Gasteiger partial charge on any atom is 0.172 e. The molecular formula is C21H28N6O. The lowest BCUT2D eigenvalue weighted by Crippen LogP contribution is -2.46. The van der Waals surface area contributed by atoms with E-state index in [1.165, 1.54) is 5.56 Å². The number of benzene rings is 1. The number of aryl methyl sites for hydroxylation is 2. The van der Waals surface area contributed by atoms with Gasteiger partial charge in [0.2, 0.25) is 0 Å². The van der Waals surface area contributed by atoms with Gasteiger partial charge in [-0.3, -0.25) is 4.68 Å². The molecule has 3 heterocycles. The third-order valence-corrected chi connectivity index (χ3v) is 5.04. The Morgan fingerprint density at radius 3 is 2.46 bits per heavy atom. The van der Waals surface area contributed by atoms with Crippen molar-refractivity contribution in [1.82, 2.24) is 19.7 Å². The maximum atomic E-state index is 5.91. The molecule has 148 valence electrons. The number of rotatable bonds is 5. The summed E-state index contributed by atoms with van der Waals surface area (Å²) in [6.45, 7) is 8.62. The van der Waals surface area contributed by atoms with Crippen LogP contribution in [0.25, 0.3) is 11.0 Å². The van der Waals surface area contributed by atoms with Gasteiger partial charge >= 0.3 is 0 Å². The van der Waals surface area contributed by atoms with Crippen molar-refractivity contribution >= 4 is 22.7 Å². The third kappa shape index (κ3) is 3.80. The standard InChI is InChI=1S/C21H28N6O/c1-5-17-16(13-26(4)25-17)10-22-20-21(27-11-14(2)28-15(3)12-27)24-19-9-7-6-8-18(19)23-20/h6-9,13-15H,5,10-12H2,1-4H3,(H,22,23). The van der Waals surface area contributed by atoms with E-state index in [-0.39, 0.29) is 12.2 Å². The molecule has 4 rings (SSSR count). The van der Waals surface area contributed by atoms with E-state index in [1.54, 1.807) is 0 Å². The monoisotopic (exact) mass is 380 g/mol. The maximum absolute atomic E-state index is 5.91. The van der Waals surface area contributed by atoms with Crippen molar-refractivity contribution in [2.75, 3.05) is 23.3 Å². The van der Waals surface area contributed by atoms with Gasteiger partial charge in [-0.15, -0.1) is 0 Å². The largest absolute Gasteiger partial charge is 0.372 e. The van der Waals surface area contributed by atoms with Crippen molar-refractivity contribution in [3.05, 3.63) is 41.7 Å². The summed E-state index contributed by atoms with van der Waals surface area (Å²) < 4.78 is 7.78. The van der Waals surface area contributed by atoms with Crippen LogP contribution in [0.4, 0.5) is 11.6 Å². The van der Waals surface area contributed by atoms with E-state index < -0.39 is 0 Å². The Kier molecular flexibility index (Phi) is 5.17. The predicted molar refractivity (Wildman–Crippen MR) is 112 cm³/mol. The summed E-state index contributed by atoms with van der Waals surface area (Å²) in [6, 6.07) is 8.01. The van der Waals surface area contributed by atoms with Gasteiger partial charge in [-0.2, -0.15) is 5.10 Å². The molecule has 1 N–H and O–H groups in total. The van der Waals surface area contributed by atoms with Gasteiger partial charge in [0, 0.05) is 38.4 Å². The fourth-order valence-corrected chi connectivity index (χ4v) is 3.89. The zero-order valence-electron chi connectivity index (χ0n) is 17.0. The molecule has 0 aliphatic carbocycles. The van der Waals surface area contributed by atoms with Crippen LogP contribution < -0.4 is 10.2 Å². The number of hydrogen-bond acceptors (Lipinski definition) is 6. The number of hydrogen-bond donors (Lipinski definition) is 1. The SMILES string of the molecule is CCc1nn(C)cc1CNc1nc2ccccc2nc1N1CC(C)OC(C)C1. The van der Waals surface area contributed by atoms with Crippen molar-refractivity contribution in [2.24, 2.45) is 7.05 Å². The van der Waals surface area contributed by atoms with Crippen LogP contribution in [-0.4, -0.2) is 45.0 Å². The molecule has 0 spiro atoms. The molecule has 1 aromatic carbocycles. The first-order chi connectivity index (χ1) is 13.5. The first-order valence-corrected chi connectivity index (χ1v) is 9.96. The minimum absolute atomic E-state index is 0.162.